The SMILES string of the molecule is CC(C)OCCOCc1cccc(NC(=O)CCC2CCNCC2)c1. The monoisotopic (exact) mass is 348 g/mol. The topological polar surface area (TPSA) is 59.6 Å². The summed E-state index contributed by atoms with van der Waals surface area (Å²) in [6.45, 7) is 7.89. The zero-order valence-electron chi connectivity index (χ0n) is 15.6. The third-order valence-electron chi connectivity index (χ3n) is 4.40. The van der Waals surface area contributed by atoms with Crippen molar-refractivity contribution in [1.29, 1.82) is 0 Å². The average Bonchev–Trinajstić information content (AvgIpc) is 2.61. The van der Waals surface area contributed by atoms with Gasteiger partial charge >= 0.3 is 0 Å². The summed E-state index contributed by atoms with van der Waals surface area (Å²) < 4.78 is 11.1. The van der Waals surface area contributed by atoms with Gasteiger partial charge in [0.2, 0.25) is 5.91 Å². The van der Waals surface area contributed by atoms with Crippen LogP contribution in [0.4, 0.5) is 5.69 Å². The van der Waals surface area contributed by atoms with Crippen molar-refractivity contribution < 1.29 is 14.3 Å². The molecule has 0 spiro atoms. The van der Waals surface area contributed by atoms with Crippen LogP contribution in [0.1, 0.15) is 45.1 Å². The van der Waals surface area contributed by atoms with Crippen molar-refractivity contribution >= 4 is 11.6 Å². The fraction of sp³-hybridized carbons (Fsp3) is 0.650. The lowest BCUT2D eigenvalue weighted by atomic mass is 9.93. The quantitative estimate of drug-likeness (QED) is 0.637. The second-order valence-electron chi connectivity index (χ2n) is 6.95. The maximum Gasteiger partial charge on any atom is 0.224 e. The number of amides is 1. The van der Waals surface area contributed by atoms with Gasteiger partial charge in [-0.05, 0) is 69.8 Å². The molecule has 1 saturated heterocycles. The van der Waals surface area contributed by atoms with Crippen LogP contribution < -0.4 is 10.6 Å². The van der Waals surface area contributed by atoms with E-state index in [1.54, 1.807) is 0 Å². The van der Waals surface area contributed by atoms with Crippen molar-refractivity contribution in [3.8, 4) is 0 Å². The Hall–Kier alpha value is -1.43. The van der Waals surface area contributed by atoms with Crippen molar-refractivity contribution in [2.45, 2.75) is 52.2 Å². The lowest BCUT2D eigenvalue weighted by molar-refractivity contribution is -0.116. The van der Waals surface area contributed by atoms with Crippen LogP contribution in [0.2, 0.25) is 0 Å². The normalized spacial score (nSPS) is 15.5. The zero-order chi connectivity index (χ0) is 17.9. The molecular formula is C20H32N2O3. The smallest absolute Gasteiger partial charge is 0.224 e. The number of benzene rings is 1. The first kappa shape index (κ1) is 19.9. The van der Waals surface area contributed by atoms with E-state index in [1.165, 1.54) is 12.8 Å². The van der Waals surface area contributed by atoms with Crippen LogP contribution >= 0.6 is 0 Å². The molecule has 0 unspecified atom stereocenters. The summed E-state index contributed by atoms with van der Waals surface area (Å²) in [5.41, 5.74) is 1.90. The van der Waals surface area contributed by atoms with E-state index >= 15 is 0 Å². The molecule has 1 fully saturated rings. The standard InChI is InChI=1S/C20H32N2O3/c1-16(2)25-13-12-24-15-18-4-3-5-19(14-18)22-20(23)7-6-17-8-10-21-11-9-17/h3-5,14,16-17,21H,6-13,15H2,1-2H3,(H,22,23). The molecule has 25 heavy (non-hydrogen) atoms. The van der Waals surface area contributed by atoms with Crippen LogP contribution in [0.25, 0.3) is 0 Å². The molecule has 0 bridgehead atoms. The summed E-state index contributed by atoms with van der Waals surface area (Å²) in [6.07, 6.45) is 4.16. The maximum atomic E-state index is 12.2. The highest BCUT2D eigenvalue weighted by molar-refractivity contribution is 5.90. The molecule has 1 heterocycles. The highest BCUT2D eigenvalue weighted by Crippen LogP contribution is 2.18. The number of anilines is 1. The van der Waals surface area contributed by atoms with Gasteiger partial charge in [0.15, 0.2) is 0 Å². The summed E-state index contributed by atoms with van der Waals surface area (Å²) in [5, 5.41) is 6.36. The predicted molar refractivity (Wildman–Crippen MR) is 101 cm³/mol. The van der Waals surface area contributed by atoms with E-state index in [9.17, 15) is 4.79 Å². The van der Waals surface area contributed by atoms with E-state index in [-0.39, 0.29) is 12.0 Å². The van der Waals surface area contributed by atoms with E-state index < -0.39 is 0 Å². The molecule has 1 aromatic rings. The van der Waals surface area contributed by atoms with Crippen LogP contribution in [-0.2, 0) is 20.9 Å². The molecule has 5 nitrogen and oxygen atoms in total. The second-order valence-corrected chi connectivity index (χ2v) is 6.95. The Morgan fingerprint density at radius 1 is 1.28 bits per heavy atom. The molecule has 5 heteroatoms. The van der Waals surface area contributed by atoms with Crippen molar-refractivity contribution in [2.24, 2.45) is 5.92 Å². The minimum Gasteiger partial charge on any atom is -0.376 e. The number of hydrogen-bond donors (Lipinski definition) is 2. The molecule has 1 aliphatic rings. The summed E-state index contributed by atoms with van der Waals surface area (Å²) >= 11 is 0. The van der Waals surface area contributed by atoms with E-state index in [0.29, 0.717) is 32.2 Å². The van der Waals surface area contributed by atoms with E-state index in [1.807, 2.05) is 38.1 Å². The van der Waals surface area contributed by atoms with Gasteiger partial charge in [-0.25, -0.2) is 0 Å². The third kappa shape index (κ3) is 8.47. The zero-order valence-corrected chi connectivity index (χ0v) is 15.6. The molecule has 0 saturated carbocycles. The molecule has 2 rings (SSSR count). The first-order valence-electron chi connectivity index (χ1n) is 9.42. The fourth-order valence-electron chi connectivity index (χ4n) is 3.00. The molecule has 140 valence electrons. The number of rotatable bonds is 10. The minimum atomic E-state index is 0.0990. The van der Waals surface area contributed by atoms with Crippen LogP contribution in [0.3, 0.4) is 0 Å². The van der Waals surface area contributed by atoms with Crippen LogP contribution in [0.5, 0.6) is 0 Å². The highest BCUT2D eigenvalue weighted by atomic mass is 16.5. The summed E-state index contributed by atoms with van der Waals surface area (Å²) in [5.74, 6) is 0.779. The summed E-state index contributed by atoms with van der Waals surface area (Å²) in [7, 11) is 0. The molecule has 0 atom stereocenters. The van der Waals surface area contributed by atoms with E-state index in [2.05, 4.69) is 10.6 Å². The number of ether oxygens (including phenoxy) is 2. The van der Waals surface area contributed by atoms with Crippen LogP contribution in [-0.4, -0.2) is 38.3 Å². The van der Waals surface area contributed by atoms with Gasteiger partial charge in [0.1, 0.15) is 0 Å². The minimum absolute atomic E-state index is 0.0990. The molecule has 1 amide bonds. The van der Waals surface area contributed by atoms with Gasteiger partial charge in [-0.1, -0.05) is 12.1 Å². The largest absolute Gasteiger partial charge is 0.376 e. The Morgan fingerprint density at radius 2 is 2.08 bits per heavy atom. The Morgan fingerprint density at radius 3 is 2.84 bits per heavy atom. The Balaban J connectivity index is 1.67. The Bertz CT molecular complexity index is 513. The second kappa shape index (κ2) is 11.2. The molecule has 2 N–H and O–H groups in total. The lowest BCUT2D eigenvalue weighted by Crippen LogP contribution is -2.28. The van der Waals surface area contributed by atoms with Crippen molar-refractivity contribution in [3.63, 3.8) is 0 Å². The molecule has 0 aromatic heterocycles. The number of carbonyl (C=O) groups excluding carboxylic acids is 1. The molecule has 0 radical (unpaired) electrons. The van der Waals surface area contributed by atoms with Gasteiger partial charge in [0, 0.05) is 12.1 Å². The van der Waals surface area contributed by atoms with Crippen LogP contribution in [0, 0.1) is 5.92 Å². The first-order chi connectivity index (χ1) is 12.1. The molecule has 1 aliphatic heterocycles. The van der Waals surface area contributed by atoms with E-state index in [0.717, 1.165) is 30.8 Å². The molecule has 1 aromatic carbocycles. The average molecular weight is 348 g/mol. The number of hydrogen-bond acceptors (Lipinski definition) is 4. The maximum absolute atomic E-state index is 12.2. The summed E-state index contributed by atoms with van der Waals surface area (Å²) in [6, 6.07) is 7.86. The Kier molecular flexibility index (Phi) is 8.94. The van der Waals surface area contributed by atoms with Crippen molar-refractivity contribution in [2.75, 3.05) is 31.6 Å². The Labute approximate surface area is 151 Å². The van der Waals surface area contributed by atoms with Gasteiger partial charge in [0.05, 0.1) is 25.9 Å². The van der Waals surface area contributed by atoms with Gasteiger partial charge in [-0.3, -0.25) is 4.79 Å². The van der Waals surface area contributed by atoms with Crippen LogP contribution in [0.15, 0.2) is 24.3 Å². The fourth-order valence-corrected chi connectivity index (χ4v) is 3.00. The van der Waals surface area contributed by atoms with Crippen molar-refractivity contribution in [1.82, 2.24) is 5.32 Å². The summed E-state index contributed by atoms with van der Waals surface area (Å²) in [4.78, 5) is 12.2. The van der Waals surface area contributed by atoms with Gasteiger partial charge < -0.3 is 20.1 Å². The number of carbonyl (C=O) groups is 1. The van der Waals surface area contributed by atoms with Gasteiger partial charge in [-0.15, -0.1) is 0 Å². The third-order valence-corrected chi connectivity index (χ3v) is 4.40. The predicted octanol–water partition coefficient (Wildman–Crippen LogP) is 3.35. The number of piperidine rings is 1. The van der Waals surface area contributed by atoms with Gasteiger partial charge in [-0.2, -0.15) is 0 Å². The van der Waals surface area contributed by atoms with Gasteiger partial charge in [0.25, 0.3) is 0 Å². The first-order valence-corrected chi connectivity index (χ1v) is 9.42. The van der Waals surface area contributed by atoms with E-state index in [4.69, 9.17) is 9.47 Å². The van der Waals surface area contributed by atoms with Crippen molar-refractivity contribution in [3.05, 3.63) is 29.8 Å². The highest BCUT2D eigenvalue weighted by Gasteiger charge is 2.14. The number of nitrogens with one attached hydrogen (secondary N) is 2. The molecule has 0 aliphatic carbocycles. The lowest BCUT2D eigenvalue weighted by Gasteiger charge is -2.22. The molecular weight excluding hydrogens is 316 g/mol.